The van der Waals surface area contributed by atoms with Gasteiger partial charge in [0.15, 0.2) is 0 Å². The summed E-state index contributed by atoms with van der Waals surface area (Å²) < 4.78 is 0. The second kappa shape index (κ2) is 4.76. The average molecular weight is 259 g/mol. The minimum atomic E-state index is 0.0889. The van der Waals surface area contributed by atoms with Crippen molar-refractivity contribution < 1.29 is 4.79 Å². The summed E-state index contributed by atoms with van der Waals surface area (Å²) in [6, 6.07) is 4.64. The van der Waals surface area contributed by atoms with Crippen molar-refractivity contribution in [3.05, 3.63) is 17.7 Å². The van der Waals surface area contributed by atoms with E-state index in [1.54, 1.807) is 0 Å². The Hall–Kier alpha value is -1.71. The second-order valence-electron chi connectivity index (χ2n) is 5.65. The first-order chi connectivity index (χ1) is 9.15. The fourth-order valence-electron chi connectivity index (χ4n) is 3.14. The zero-order chi connectivity index (χ0) is 13.4. The Morgan fingerprint density at radius 2 is 2.16 bits per heavy atom. The summed E-state index contributed by atoms with van der Waals surface area (Å²) in [5, 5.41) is 2.90. The van der Waals surface area contributed by atoms with Gasteiger partial charge in [0, 0.05) is 24.7 Å². The lowest BCUT2D eigenvalue weighted by molar-refractivity contribution is -0.116. The van der Waals surface area contributed by atoms with Crippen molar-refractivity contribution in [1.82, 2.24) is 0 Å². The van der Waals surface area contributed by atoms with Crippen molar-refractivity contribution in [1.29, 1.82) is 0 Å². The van der Waals surface area contributed by atoms with Crippen LogP contribution >= 0.6 is 0 Å². The number of aryl methyl sites for hydroxylation is 1. The summed E-state index contributed by atoms with van der Waals surface area (Å²) >= 11 is 0. The molecular formula is C15H21N3O. The summed E-state index contributed by atoms with van der Waals surface area (Å²) in [6.07, 6.45) is 5.16. The van der Waals surface area contributed by atoms with Gasteiger partial charge in [0.05, 0.1) is 11.4 Å². The predicted octanol–water partition coefficient (Wildman–Crippen LogP) is 2.53. The number of nitrogens with zero attached hydrogens (tertiary/aromatic N) is 1. The van der Waals surface area contributed by atoms with E-state index >= 15 is 0 Å². The van der Waals surface area contributed by atoms with Gasteiger partial charge >= 0.3 is 0 Å². The first kappa shape index (κ1) is 12.3. The topological polar surface area (TPSA) is 58.4 Å². The summed E-state index contributed by atoms with van der Waals surface area (Å²) in [5.41, 5.74) is 10.2. The highest BCUT2D eigenvalue weighted by molar-refractivity contribution is 5.95. The minimum absolute atomic E-state index is 0.0889. The fourth-order valence-corrected chi connectivity index (χ4v) is 3.14. The van der Waals surface area contributed by atoms with Crippen LogP contribution in [0.25, 0.3) is 0 Å². The number of nitrogens with one attached hydrogen (secondary N) is 1. The van der Waals surface area contributed by atoms with Crippen molar-refractivity contribution in [3.63, 3.8) is 0 Å². The largest absolute Gasteiger partial charge is 0.397 e. The van der Waals surface area contributed by atoms with Gasteiger partial charge in [-0.2, -0.15) is 0 Å². The molecule has 1 aromatic rings. The number of nitrogens with two attached hydrogens (primary N) is 1. The molecule has 0 radical (unpaired) electrons. The van der Waals surface area contributed by atoms with Gasteiger partial charge in [-0.1, -0.05) is 0 Å². The smallest absolute Gasteiger partial charge is 0.224 e. The van der Waals surface area contributed by atoms with Crippen LogP contribution in [0.15, 0.2) is 12.1 Å². The quantitative estimate of drug-likeness (QED) is 0.762. The highest BCUT2D eigenvalue weighted by Crippen LogP contribution is 2.35. The maximum atomic E-state index is 11.4. The Morgan fingerprint density at radius 3 is 2.95 bits per heavy atom. The second-order valence-corrected chi connectivity index (χ2v) is 5.65. The fraction of sp³-hybridized carbons (Fsp3) is 0.533. The number of fused-ring (bicyclic) bond motifs is 1. The highest BCUT2D eigenvalue weighted by atomic mass is 16.1. The van der Waals surface area contributed by atoms with Crippen molar-refractivity contribution >= 4 is 23.0 Å². The third-order valence-electron chi connectivity index (χ3n) is 4.26. The Bertz CT molecular complexity index is 512. The average Bonchev–Trinajstić information content (AvgIpc) is 2.39. The SMILES string of the molecule is CC1CCCCN1c1cc2c(cc1N)NC(=O)CC2. The number of benzene rings is 1. The molecule has 0 aliphatic carbocycles. The number of anilines is 3. The van der Waals surface area contributed by atoms with Crippen molar-refractivity contribution in [2.45, 2.75) is 45.1 Å². The third-order valence-corrected chi connectivity index (χ3v) is 4.26. The van der Waals surface area contributed by atoms with E-state index in [9.17, 15) is 4.79 Å². The van der Waals surface area contributed by atoms with E-state index in [-0.39, 0.29) is 5.91 Å². The minimum Gasteiger partial charge on any atom is -0.397 e. The Kier molecular flexibility index (Phi) is 3.09. The number of carbonyl (C=O) groups is 1. The molecule has 4 heteroatoms. The number of hydrogen-bond acceptors (Lipinski definition) is 3. The Morgan fingerprint density at radius 1 is 1.32 bits per heavy atom. The van der Waals surface area contributed by atoms with Gasteiger partial charge in [0.25, 0.3) is 0 Å². The Labute approximate surface area is 114 Å². The molecule has 1 unspecified atom stereocenters. The molecule has 102 valence electrons. The highest BCUT2D eigenvalue weighted by Gasteiger charge is 2.23. The van der Waals surface area contributed by atoms with Crippen LogP contribution in [0.4, 0.5) is 17.1 Å². The van der Waals surface area contributed by atoms with Crippen LogP contribution in [0.2, 0.25) is 0 Å². The molecule has 1 fully saturated rings. The summed E-state index contributed by atoms with van der Waals surface area (Å²) in [4.78, 5) is 13.8. The maximum Gasteiger partial charge on any atom is 0.224 e. The summed E-state index contributed by atoms with van der Waals surface area (Å²) in [7, 11) is 0. The third kappa shape index (κ3) is 2.27. The van der Waals surface area contributed by atoms with Crippen molar-refractivity contribution in [3.8, 4) is 0 Å². The van der Waals surface area contributed by atoms with Gasteiger partial charge in [0.2, 0.25) is 5.91 Å². The van der Waals surface area contributed by atoms with Gasteiger partial charge < -0.3 is 16.0 Å². The van der Waals surface area contributed by atoms with Crippen LogP contribution in [0.5, 0.6) is 0 Å². The molecule has 1 amide bonds. The van der Waals surface area contributed by atoms with E-state index in [0.29, 0.717) is 12.5 Å². The molecule has 0 bridgehead atoms. The van der Waals surface area contributed by atoms with Crippen molar-refractivity contribution in [2.75, 3.05) is 22.5 Å². The van der Waals surface area contributed by atoms with Crippen LogP contribution in [0.3, 0.4) is 0 Å². The number of nitrogen functional groups attached to an aromatic ring is 1. The first-order valence-electron chi connectivity index (χ1n) is 7.14. The molecule has 0 saturated carbocycles. The summed E-state index contributed by atoms with van der Waals surface area (Å²) in [5.74, 6) is 0.0889. The van der Waals surface area contributed by atoms with Crippen molar-refractivity contribution in [2.24, 2.45) is 0 Å². The standard InChI is InChI=1S/C15H21N3O/c1-10-4-2-3-7-18(10)14-8-11-5-6-15(19)17-13(11)9-12(14)16/h8-10H,2-7,16H2,1H3,(H,17,19). The predicted molar refractivity (Wildman–Crippen MR) is 78.5 cm³/mol. The van der Waals surface area contributed by atoms with E-state index in [2.05, 4.69) is 23.2 Å². The van der Waals surface area contributed by atoms with E-state index < -0.39 is 0 Å². The molecule has 0 aromatic heterocycles. The molecule has 2 aliphatic heterocycles. The zero-order valence-corrected chi connectivity index (χ0v) is 11.4. The van der Waals surface area contributed by atoms with Crippen LogP contribution in [0.1, 0.15) is 38.2 Å². The first-order valence-corrected chi connectivity index (χ1v) is 7.14. The number of hydrogen-bond donors (Lipinski definition) is 2. The lowest BCUT2D eigenvalue weighted by Gasteiger charge is -2.37. The maximum absolute atomic E-state index is 11.4. The molecule has 1 saturated heterocycles. The van der Waals surface area contributed by atoms with Gasteiger partial charge in [0.1, 0.15) is 0 Å². The molecule has 2 aliphatic rings. The molecule has 3 N–H and O–H groups in total. The van der Waals surface area contributed by atoms with Gasteiger partial charge in [-0.05, 0) is 50.3 Å². The van der Waals surface area contributed by atoms with Crippen LogP contribution in [0, 0.1) is 0 Å². The number of rotatable bonds is 1. The Balaban J connectivity index is 1.96. The molecule has 0 spiro atoms. The van der Waals surface area contributed by atoms with E-state index in [1.807, 2.05) is 6.07 Å². The van der Waals surface area contributed by atoms with E-state index in [4.69, 9.17) is 5.73 Å². The molecular weight excluding hydrogens is 238 g/mol. The van der Waals surface area contributed by atoms with Gasteiger partial charge in [-0.25, -0.2) is 0 Å². The monoisotopic (exact) mass is 259 g/mol. The molecule has 1 aromatic carbocycles. The summed E-state index contributed by atoms with van der Waals surface area (Å²) in [6.45, 7) is 3.34. The number of carbonyl (C=O) groups excluding carboxylic acids is 1. The molecule has 2 heterocycles. The van der Waals surface area contributed by atoms with Gasteiger partial charge in [-0.3, -0.25) is 4.79 Å². The number of amides is 1. The van der Waals surface area contributed by atoms with Gasteiger partial charge in [-0.15, -0.1) is 0 Å². The molecule has 1 atom stereocenters. The zero-order valence-electron chi connectivity index (χ0n) is 11.4. The van der Waals surface area contributed by atoms with E-state index in [0.717, 1.165) is 30.0 Å². The van der Waals surface area contributed by atoms with Crippen LogP contribution < -0.4 is 16.0 Å². The van der Waals surface area contributed by atoms with Crippen LogP contribution in [-0.2, 0) is 11.2 Å². The lowest BCUT2D eigenvalue weighted by Crippen LogP contribution is -2.38. The molecule has 4 nitrogen and oxygen atoms in total. The normalized spacial score (nSPS) is 22.9. The van der Waals surface area contributed by atoms with Crippen LogP contribution in [-0.4, -0.2) is 18.5 Å². The molecule has 3 rings (SSSR count). The number of piperidine rings is 1. The molecule has 19 heavy (non-hydrogen) atoms. The lowest BCUT2D eigenvalue weighted by atomic mass is 9.98. The van der Waals surface area contributed by atoms with E-state index in [1.165, 1.54) is 24.8 Å².